The number of nitrogens with one attached hydrogen (secondary N) is 1. The van der Waals surface area contributed by atoms with Crippen LogP contribution in [0, 0.1) is 0 Å². The van der Waals surface area contributed by atoms with Gasteiger partial charge in [0.25, 0.3) is 5.56 Å². The molecule has 1 aromatic heterocycles. The number of hydrogen-bond donors (Lipinski definition) is 1. The highest BCUT2D eigenvalue weighted by Gasteiger charge is 2.28. The van der Waals surface area contributed by atoms with Gasteiger partial charge in [-0.25, -0.2) is 0 Å². The van der Waals surface area contributed by atoms with Crippen LogP contribution < -0.4 is 5.56 Å². The first-order chi connectivity index (χ1) is 6.65. The highest BCUT2D eigenvalue weighted by Crippen LogP contribution is 2.28. The summed E-state index contributed by atoms with van der Waals surface area (Å²) >= 11 is 0. The molecule has 0 saturated heterocycles. The fourth-order valence-electron chi connectivity index (χ4n) is 2.42. The predicted molar refractivity (Wildman–Crippen MR) is 55.4 cm³/mol. The lowest BCUT2D eigenvalue weighted by Gasteiger charge is -2.32. The van der Waals surface area contributed by atoms with Gasteiger partial charge in [-0.3, -0.25) is 19.5 Å². The fraction of sp³-hybridized carbons (Fsp3) is 0.700. The molecule has 4 heteroatoms. The lowest BCUT2D eigenvalue weighted by atomic mass is 9.98. The van der Waals surface area contributed by atoms with Gasteiger partial charge in [0.1, 0.15) is 0 Å². The molecule has 2 heterocycles. The number of aryl methyl sites for hydroxylation is 1. The van der Waals surface area contributed by atoms with Crippen molar-refractivity contribution in [1.29, 1.82) is 0 Å². The second-order valence-corrected chi connectivity index (χ2v) is 4.02. The topological polar surface area (TPSA) is 41.0 Å². The molecule has 1 aromatic rings. The van der Waals surface area contributed by atoms with E-state index in [0.29, 0.717) is 6.04 Å². The van der Waals surface area contributed by atoms with Crippen LogP contribution in [-0.4, -0.2) is 28.3 Å². The largest absolute Gasteiger partial charge is 0.297 e. The molecule has 0 amide bonds. The molecule has 4 nitrogen and oxygen atoms in total. The van der Waals surface area contributed by atoms with E-state index < -0.39 is 0 Å². The first-order valence-electron chi connectivity index (χ1n) is 5.13. The quantitative estimate of drug-likeness (QED) is 0.715. The Morgan fingerprint density at radius 3 is 2.86 bits per heavy atom. The summed E-state index contributed by atoms with van der Waals surface area (Å²) in [7, 11) is 4.04. The summed E-state index contributed by atoms with van der Waals surface area (Å²) in [5.74, 6) is 0. The molecule has 0 fully saturated rings. The van der Waals surface area contributed by atoms with E-state index in [1.807, 2.05) is 11.7 Å². The van der Waals surface area contributed by atoms with E-state index in [1.54, 1.807) is 0 Å². The summed E-state index contributed by atoms with van der Waals surface area (Å²) < 4.78 is 1.88. The summed E-state index contributed by atoms with van der Waals surface area (Å²) in [6.45, 7) is 3.15. The van der Waals surface area contributed by atoms with Gasteiger partial charge in [-0.1, -0.05) is 6.92 Å². The average Bonchev–Trinajstić information content (AvgIpc) is 2.43. The van der Waals surface area contributed by atoms with Gasteiger partial charge in [0, 0.05) is 19.2 Å². The van der Waals surface area contributed by atoms with Crippen molar-refractivity contribution in [2.24, 2.45) is 7.05 Å². The Balaban J connectivity index is 2.55. The summed E-state index contributed by atoms with van der Waals surface area (Å²) in [5.41, 5.74) is 2.25. The molecule has 2 rings (SSSR count). The predicted octanol–water partition coefficient (Wildman–Crippen LogP) is 0.652. The monoisotopic (exact) mass is 195 g/mol. The molecular formula is C10H17N3O. The Kier molecular flexibility index (Phi) is 2.23. The van der Waals surface area contributed by atoms with Gasteiger partial charge in [0.05, 0.1) is 11.7 Å². The van der Waals surface area contributed by atoms with Crippen LogP contribution in [0.15, 0.2) is 4.79 Å². The van der Waals surface area contributed by atoms with Crippen LogP contribution in [0.2, 0.25) is 0 Å². The van der Waals surface area contributed by atoms with Crippen molar-refractivity contribution in [3.05, 3.63) is 21.6 Å². The van der Waals surface area contributed by atoms with Crippen LogP contribution in [0.25, 0.3) is 0 Å². The molecule has 78 valence electrons. The van der Waals surface area contributed by atoms with Crippen molar-refractivity contribution in [2.75, 3.05) is 13.6 Å². The number of hydrogen-bond acceptors (Lipinski definition) is 2. The number of fused-ring (bicyclic) bond motifs is 1. The van der Waals surface area contributed by atoms with Gasteiger partial charge in [-0.15, -0.1) is 0 Å². The Hall–Kier alpha value is -1.03. The van der Waals surface area contributed by atoms with Crippen LogP contribution >= 0.6 is 0 Å². The summed E-state index contributed by atoms with van der Waals surface area (Å²) in [5, 5.41) is 2.84. The average molecular weight is 195 g/mol. The molecule has 0 spiro atoms. The van der Waals surface area contributed by atoms with Gasteiger partial charge in [-0.2, -0.15) is 0 Å². The minimum atomic E-state index is 0.0917. The second kappa shape index (κ2) is 3.28. The molecule has 1 atom stereocenters. The van der Waals surface area contributed by atoms with E-state index >= 15 is 0 Å². The minimum absolute atomic E-state index is 0.0917. The Morgan fingerprint density at radius 2 is 2.21 bits per heavy atom. The highest BCUT2D eigenvalue weighted by molar-refractivity contribution is 5.24. The lowest BCUT2D eigenvalue weighted by molar-refractivity contribution is 0.215. The van der Waals surface area contributed by atoms with Crippen molar-refractivity contribution in [3.63, 3.8) is 0 Å². The van der Waals surface area contributed by atoms with E-state index in [4.69, 9.17) is 0 Å². The van der Waals surface area contributed by atoms with Crippen LogP contribution in [0.1, 0.15) is 30.6 Å². The maximum Gasteiger partial charge on any atom is 0.267 e. The zero-order valence-corrected chi connectivity index (χ0v) is 9.00. The zero-order valence-electron chi connectivity index (χ0n) is 9.00. The Labute approximate surface area is 83.5 Å². The molecule has 0 radical (unpaired) electrons. The van der Waals surface area contributed by atoms with Gasteiger partial charge < -0.3 is 0 Å². The number of rotatable bonds is 1. The van der Waals surface area contributed by atoms with Crippen molar-refractivity contribution >= 4 is 0 Å². The fourth-order valence-corrected chi connectivity index (χ4v) is 2.42. The van der Waals surface area contributed by atoms with Crippen LogP contribution in [-0.2, 0) is 13.5 Å². The zero-order chi connectivity index (χ0) is 10.3. The molecule has 1 unspecified atom stereocenters. The summed E-state index contributed by atoms with van der Waals surface area (Å²) in [4.78, 5) is 13.9. The van der Waals surface area contributed by atoms with E-state index in [9.17, 15) is 4.79 Å². The SMILES string of the molecule is CCC1c2c(c(=O)[nH]n2C)CCN1C. The Bertz CT molecular complexity index is 391. The summed E-state index contributed by atoms with van der Waals surface area (Å²) in [6.07, 6.45) is 1.92. The van der Waals surface area contributed by atoms with Gasteiger partial charge >= 0.3 is 0 Å². The molecule has 0 bridgehead atoms. The van der Waals surface area contributed by atoms with E-state index in [1.165, 1.54) is 5.69 Å². The number of aromatic nitrogens is 2. The highest BCUT2D eigenvalue weighted by atomic mass is 16.1. The van der Waals surface area contributed by atoms with Crippen molar-refractivity contribution in [3.8, 4) is 0 Å². The number of nitrogens with zero attached hydrogens (tertiary/aromatic N) is 2. The third-order valence-electron chi connectivity index (χ3n) is 3.16. The standard InChI is InChI=1S/C10H17N3O/c1-4-8-9-7(5-6-12(8)2)10(14)11-13(9)3/h8H,4-6H2,1-3H3,(H,11,14). The first-order valence-corrected chi connectivity index (χ1v) is 5.13. The number of likely N-dealkylation sites (N-methyl/N-ethyl adjacent to an activating group) is 1. The van der Waals surface area contributed by atoms with Gasteiger partial charge in [-0.05, 0) is 19.9 Å². The second-order valence-electron chi connectivity index (χ2n) is 4.02. The third kappa shape index (κ3) is 1.21. The van der Waals surface area contributed by atoms with Crippen molar-refractivity contribution in [1.82, 2.24) is 14.7 Å². The molecule has 1 aliphatic rings. The summed E-state index contributed by atoms with van der Waals surface area (Å²) in [6, 6.07) is 0.391. The molecule has 0 saturated carbocycles. The molecular weight excluding hydrogens is 178 g/mol. The lowest BCUT2D eigenvalue weighted by Crippen LogP contribution is -2.33. The van der Waals surface area contributed by atoms with E-state index in [-0.39, 0.29) is 5.56 Å². The molecule has 14 heavy (non-hydrogen) atoms. The number of aromatic amines is 1. The molecule has 0 aromatic carbocycles. The van der Waals surface area contributed by atoms with Gasteiger partial charge in [0.2, 0.25) is 0 Å². The third-order valence-corrected chi connectivity index (χ3v) is 3.16. The maximum absolute atomic E-state index is 11.6. The normalized spacial score (nSPS) is 22.4. The number of H-pyrrole nitrogens is 1. The van der Waals surface area contributed by atoms with Crippen molar-refractivity contribution in [2.45, 2.75) is 25.8 Å². The Morgan fingerprint density at radius 1 is 1.50 bits per heavy atom. The first kappa shape index (κ1) is 9.52. The van der Waals surface area contributed by atoms with E-state index in [2.05, 4.69) is 24.0 Å². The molecule has 0 aliphatic carbocycles. The van der Waals surface area contributed by atoms with Gasteiger partial charge in [0.15, 0.2) is 0 Å². The minimum Gasteiger partial charge on any atom is -0.297 e. The van der Waals surface area contributed by atoms with Crippen LogP contribution in [0.5, 0.6) is 0 Å². The van der Waals surface area contributed by atoms with Crippen LogP contribution in [0.3, 0.4) is 0 Å². The molecule has 1 aliphatic heterocycles. The maximum atomic E-state index is 11.6. The van der Waals surface area contributed by atoms with E-state index in [0.717, 1.165) is 24.9 Å². The van der Waals surface area contributed by atoms with Crippen LogP contribution in [0.4, 0.5) is 0 Å². The molecule has 1 N–H and O–H groups in total. The smallest absolute Gasteiger partial charge is 0.267 e. The van der Waals surface area contributed by atoms with Crippen molar-refractivity contribution < 1.29 is 0 Å².